The zero-order valence-electron chi connectivity index (χ0n) is 19.3. The molecule has 7 nitrogen and oxygen atoms in total. The van der Waals surface area contributed by atoms with Crippen LogP contribution in [0.2, 0.25) is 5.02 Å². The predicted octanol–water partition coefficient (Wildman–Crippen LogP) is 4.25. The summed E-state index contributed by atoms with van der Waals surface area (Å²) in [5.41, 5.74) is 2.02. The first-order chi connectivity index (χ1) is 16.2. The maximum absolute atomic E-state index is 13.1. The van der Waals surface area contributed by atoms with E-state index in [1.807, 2.05) is 7.05 Å². The van der Waals surface area contributed by atoms with Crippen molar-refractivity contribution in [2.45, 2.75) is 25.8 Å². The average molecular weight is 501 g/mol. The number of amides is 3. The van der Waals surface area contributed by atoms with Crippen molar-refractivity contribution in [1.82, 2.24) is 9.80 Å². The number of nitrogens with one attached hydrogen (secondary N) is 1. The molecule has 0 saturated carbocycles. The van der Waals surface area contributed by atoms with Crippen LogP contribution in [0.25, 0.3) is 0 Å². The lowest BCUT2D eigenvalue weighted by Crippen LogP contribution is -2.44. The summed E-state index contributed by atoms with van der Waals surface area (Å²) >= 11 is 12.3. The van der Waals surface area contributed by atoms with E-state index in [9.17, 15) is 14.4 Å². The summed E-state index contributed by atoms with van der Waals surface area (Å²) in [5, 5.41) is 3.13. The molecule has 1 N–H and O–H groups in total. The number of hydrogen-bond donors (Lipinski definition) is 1. The lowest BCUT2D eigenvalue weighted by atomic mass is 10.0. The Labute approximate surface area is 208 Å². The summed E-state index contributed by atoms with van der Waals surface area (Å²) in [6.45, 7) is 3.69. The van der Waals surface area contributed by atoms with Gasteiger partial charge in [-0.05, 0) is 75.8 Å². The molecule has 0 unspecified atom stereocenters. The van der Waals surface area contributed by atoms with E-state index >= 15 is 0 Å². The zero-order chi connectivity index (χ0) is 24.6. The second-order valence-corrected chi connectivity index (χ2v) is 9.54. The van der Waals surface area contributed by atoms with Gasteiger partial charge in [0, 0.05) is 29.4 Å². The van der Waals surface area contributed by atoms with Crippen molar-refractivity contribution in [1.29, 1.82) is 0 Å². The first-order valence-electron chi connectivity index (χ1n) is 11.0. The highest BCUT2D eigenvalue weighted by Crippen LogP contribution is 2.33. The van der Waals surface area contributed by atoms with Crippen LogP contribution >= 0.6 is 23.2 Å². The number of rotatable bonds is 5. The Balaban J connectivity index is 1.53. The van der Waals surface area contributed by atoms with E-state index in [2.05, 4.69) is 17.3 Å². The van der Waals surface area contributed by atoms with Crippen molar-refractivity contribution in [2.24, 2.45) is 0 Å². The molecule has 9 heteroatoms. The fraction of sp³-hybridized carbons (Fsp3) is 0.320. The molecular weight excluding hydrogens is 475 g/mol. The first kappa shape index (κ1) is 24.3. The second kappa shape index (κ2) is 9.78. The van der Waals surface area contributed by atoms with Gasteiger partial charge in [0.05, 0.1) is 5.69 Å². The molecule has 1 fully saturated rings. The standard InChI is InChI=1S/C25H26Cl2N4O3/c1-15-7-8-17(26)14-20(15)31-24(33)21(27)22(25(31)34)28-18-6-4-5-16(13-18)23(32)30(3)19-9-11-29(2)12-10-19/h4-8,13-14,19,28H,9-12H2,1-3H3. The third-order valence-electron chi connectivity index (χ3n) is 6.37. The van der Waals surface area contributed by atoms with Gasteiger partial charge in [0.1, 0.15) is 10.7 Å². The summed E-state index contributed by atoms with van der Waals surface area (Å²) in [7, 11) is 3.90. The average Bonchev–Trinajstić information content (AvgIpc) is 3.03. The van der Waals surface area contributed by atoms with Crippen LogP contribution in [0.1, 0.15) is 28.8 Å². The zero-order valence-corrected chi connectivity index (χ0v) is 20.8. The third-order valence-corrected chi connectivity index (χ3v) is 6.96. The number of halogens is 2. The highest BCUT2D eigenvalue weighted by molar-refractivity contribution is 6.53. The van der Waals surface area contributed by atoms with Crippen molar-refractivity contribution in [3.05, 3.63) is 69.3 Å². The van der Waals surface area contributed by atoms with Gasteiger partial charge < -0.3 is 15.1 Å². The Bertz CT molecular complexity index is 1190. The molecule has 0 bridgehead atoms. The Morgan fingerprint density at radius 1 is 1.06 bits per heavy atom. The van der Waals surface area contributed by atoms with Crippen LogP contribution in [0.3, 0.4) is 0 Å². The summed E-state index contributed by atoms with van der Waals surface area (Å²) < 4.78 is 0. The molecule has 2 heterocycles. The topological polar surface area (TPSA) is 73.0 Å². The van der Waals surface area contributed by atoms with E-state index in [0.29, 0.717) is 27.5 Å². The fourth-order valence-electron chi connectivity index (χ4n) is 4.28. The van der Waals surface area contributed by atoms with Gasteiger partial charge in [0.2, 0.25) is 0 Å². The van der Waals surface area contributed by atoms with Crippen LogP contribution in [-0.4, -0.2) is 60.7 Å². The quantitative estimate of drug-likeness (QED) is 0.621. The molecule has 0 atom stereocenters. The number of piperidine rings is 1. The molecule has 0 aliphatic carbocycles. The molecule has 2 aromatic carbocycles. The van der Waals surface area contributed by atoms with E-state index in [-0.39, 0.29) is 22.7 Å². The second-order valence-electron chi connectivity index (χ2n) is 8.72. The van der Waals surface area contributed by atoms with E-state index in [1.165, 1.54) is 0 Å². The fourth-order valence-corrected chi connectivity index (χ4v) is 4.66. The van der Waals surface area contributed by atoms with Crippen molar-refractivity contribution < 1.29 is 14.4 Å². The highest BCUT2D eigenvalue weighted by atomic mass is 35.5. The van der Waals surface area contributed by atoms with Gasteiger partial charge in [0.25, 0.3) is 17.7 Å². The Hall–Kier alpha value is -2.87. The maximum atomic E-state index is 13.1. The normalized spacial score (nSPS) is 17.5. The monoisotopic (exact) mass is 500 g/mol. The number of aryl methyl sites for hydroxylation is 1. The van der Waals surface area contributed by atoms with Crippen molar-refractivity contribution in [2.75, 3.05) is 37.4 Å². The van der Waals surface area contributed by atoms with Crippen molar-refractivity contribution in [3.8, 4) is 0 Å². The van der Waals surface area contributed by atoms with Crippen LogP contribution in [0.4, 0.5) is 11.4 Å². The molecule has 2 aliphatic heterocycles. The SMILES string of the molecule is Cc1ccc(Cl)cc1N1C(=O)C(Cl)=C(Nc2cccc(C(=O)N(C)C3CCN(C)CC3)c2)C1=O. The lowest BCUT2D eigenvalue weighted by Gasteiger charge is -2.35. The van der Waals surface area contributed by atoms with Gasteiger partial charge in [-0.25, -0.2) is 4.90 Å². The van der Waals surface area contributed by atoms with Gasteiger partial charge >= 0.3 is 0 Å². The van der Waals surface area contributed by atoms with E-state index < -0.39 is 11.8 Å². The van der Waals surface area contributed by atoms with E-state index in [4.69, 9.17) is 23.2 Å². The van der Waals surface area contributed by atoms with Crippen LogP contribution in [0.15, 0.2) is 53.2 Å². The minimum absolute atomic E-state index is 0.0423. The van der Waals surface area contributed by atoms with Gasteiger partial charge in [-0.2, -0.15) is 0 Å². The number of likely N-dealkylation sites (tertiary alicyclic amines) is 1. The van der Waals surface area contributed by atoms with Gasteiger partial charge in [0.15, 0.2) is 0 Å². The molecule has 4 rings (SSSR count). The number of nitrogens with zero attached hydrogens (tertiary/aromatic N) is 3. The Morgan fingerprint density at radius 2 is 1.76 bits per heavy atom. The minimum atomic E-state index is -0.631. The smallest absolute Gasteiger partial charge is 0.283 e. The molecule has 0 spiro atoms. The van der Waals surface area contributed by atoms with E-state index in [0.717, 1.165) is 30.8 Å². The largest absolute Gasteiger partial charge is 0.350 e. The molecule has 3 amide bonds. The summed E-state index contributed by atoms with van der Waals surface area (Å²) in [6.07, 6.45) is 1.85. The predicted molar refractivity (Wildman–Crippen MR) is 134 cm³/mol. The molecule has 34 heavy (non-hydrogen) atoms. The van der Waals surface area contributed by atoms with Gasteiger partial charge in [-0.1, -0.05) is 35.3 Å². The molecule has 1 saturated heterocycles. The Morgan fingerprint density at radius 3 is 2.47 bits per heavy atom. The third kappa shape index (κ3) is 4.69. The Kier molecular flexibility index (Phi) is 6.98. The summed E-state index contributed by atoms with van der Waals surface area (Å²) in [5.74, 6) is -1.31. The number of benzene rings is 2. The van der Waals surface area contributed by atoms with Gasteiger partial charge in [-0.15, -0.1) is 0 Å². The molecular formula is C25H26Cl2N4O3. The summed E-state index contributed by atoms with van der Waals surface area (Å²) in [6, 6.07) is 12.0. The van der Waals surface area contributed by atoms with Crippen molar-refractivity contribution in [3.63, 3.8) is 0 Å². The first-order valence-corrected chi connectivity index (χ1v) is 11.8. The van der Waals surface area contributed by atoms with Crippen molar-refractivity contribution >= 4 is 52.3 Å². The number of carbonyl (C=O) groups is 3. The minimum Gasteiger partial charge on any atom is -0.350 e. The molecule has 2 aromatic rings. The molecule has 0 aromatic heterocycles. The lowest BCUT2D eigenvalue weighted by molar-refractivity contribution is -0.120. The summed E-state index contributed by atoms with van der Waals surface area (Å²) in [4.78, 5) is 44.1. The van der Waals surface area contributed by atoms with Crippen LogP contribution in [0, 0.1) is 6.92 Å². The highest BCUT2D eigenvalue weighted by Gasteiger charge is 2.39. The number of anilines is 2. The van der Waals surface area contributed by atoms with Gasteiger partial charge in [-0.3, -0.25) is 14.4 Å². The molecule has 0 radical (unpaired) electrons. The molecule has 2 aliphatic rings. The van der Waals surface area contributed by atoms with Crippen LogP contribution in [-0.2, 0) is 9.59 Å². The van der Waals surface area contributed by atoms with Crippen LogP contribution < -0.4 is 10.2 Å². The number of imide groups is 1. The van der Waals surface area contributed by atoms with E-state index in [1.54, 1.807) is 54.3 Å². The van der Waals surface area contributed by atoms with Crippen LogP contribution in [0.5, 0.6) is 0 Å². The molecule has 178 valence electrons. The number of hydrogen-bond acceptors (Lipinski definition) is 5. The number of carbonyl (C=O) groups excluding carboxylic acids is 3. The maximum Gasteiger partial charge on any atom is 0.283 e.